The number of hydrogen-bond donors (Lipinski definition) is 1. The van der Waals surface area contributed by atoms with Crippen molar-refractivity contribution in [3.8, 4) is 0 Å². The minimum absolute atomic E-state index is 0.834. The lowest BCUT2D eigenvalue weighted by molar-refractivity contribution is 1.20. The molecule has 1 aromatic rings. The van der Waals surface area contributed by atoms with Crippen molar-refractivity contribution < 1.29 is 0 Å². The van der Waals surface area contributed by atoms with Crippen molar-refractivity contribution in [2.24, 2.45) is 0 Å². The van der Waals surface area contributed by atoms with E-state index >= 15 is 0 Å². The van der Waals surface area contributed by atoms with Gasteiger partial charge in [-0.25, -0.2) is 0 Å². The first-order chi connectivity index (χ1) is 6.50. The van der Waals surface area contributed by atoms with Crippen LogP contribution in [0.1, 0.15) is 18.1 Å². The quantitative estimate of drug-likeness (QED) is 0.802. The fraction of sp³-hybridized carbons (Fsp3) is 0.333. The smallest absolute Gasteiger partial charge is 0.0354 e. The molecule has 1 aromatic carbocycles. The largest absolute Gasteiger partial charge is 0.381 e. The second-order valence-corrected chi connectivity index (χ2v) is 4.53. The molecule has 0 aliphatic rings. The summed E-state index contributed by atoms with van der Waals surface area (Å²) < 4.78 is 1.19. The fourth-order valence-corrected chi connectivity index (χ4v) is 1.53. The molecule has 0 radical (unpaired) electrons. The van der Waals surface area contributed by atoms with Gasteiger partial charge in [-0.05, 0) is 44.0 Å². The summed E-state index contributed by atoms with van der Waals surface area (Å²) >= 11 is 3.55. The van der Waals surface area contributed by atoms with Gasteiger partial charge in [0.1, 0.15) is 0 Å². The van der Waals surface area contributed by atoms with Gasteiger partial charge in [-0.1, -0.05) is 28.1 Å². The van der Waals surface area contributed by atoms with Crippen molar-refractivity contribution in [3.63, 3.8) is 0 Å². The molecular formula is C12H16BrN. The molecule has 0 atom stereocenters. The van der Waals surface area contributed by atoms with Gasteiger partial charge in [0.25, 0.3) is 0 Å². The number of halogens is 1. The third-order valence-electron chi connectivity index (χ3n) is 2.03. The first kappa shape index (κ1) is 11.3. The zero-order valence-electron chi connectivity index (χ0n) is 8.95. The van der Waals surface area contributed by atoms with Crippen molar-refractivity contribution in [2.75, 3.05) is 11.9 Å². The molecule has 0 aromatic heterocycles. The second kappa shape index (κ2) is 4.65. The Labute approximate surface area is 94.3 Å². The summed E-state index contributed by atoms with van der Waals surface area (Å²) in [5.74, 6) is 0. The monoisotopic (exact) mass is 253 g/mol. The molecule has 0 unspecified atom stereocenters. The lowest BCUT2D eigenvalue weighted by Gasteiger charge is -2.10. The predicted octanol–water partition coefficient (Wildman–Crippen LogP) is 4.05. The van der Waals surface area contributed by atoms with E-state index in [1.165, 1.54) is 15.6 Å². The van der Waals surface area contributed by atoms with Crippen LogP contribution in [-0.2, 0) is 0 Å². The molecule has 0 spiro atoms. The first-order valence-corrected chi connectivity index (χ1v) is 5.45. The van der Waals surface area contributed by atoms with Gasteiger partial charge in [-0.3, -0.25) is 0 Å². The molecule has 0 heterocycles. The Kier molecular flexibility index (Phi) is 3.76. The summed E-state index contributed by atoms with van der Waals surface area (Å²) in [6.07, 6.45) is 0. The molecule has 1 rings (SSSR count). The predicted molar refractivity (Wildman–Crippen MR) is 66.9 cm³/mol. The zero-order chi connectivity index (χ0) is 10.7. The lowest BCUT2D eigenvalue weighted by Crippen LogP contribution is -2.02. The van der Waals surface area contributed by atoms with Crippen LogP contribution in [0.15, 0.2) is 28.8 Å². The van der Waals surface area contributed by atoms with E-state index in [1.807, 2.05) is 6.92 Å². The molecule has 0 bridgehead atoms. The Morgan fingerprint density at radius 2 is 1.86 bits per heavy atom. The molecule has 1 N–H and O–H groups in total. The highest BCUT2D eigenvalue weighted by atomic mass is 79.9. The van der Waals surface area contributed by atoms with Crippen LogP contribution in [0.3, 0.4) is 0 Å². The number of anilines is 1. The van der Waals surface area contributed by atoms with Crippen LogP contribution < -0.4 is 5.32 Å². The van der Waals surface area contributed by atoms with E-state index in [9.17, 15) is 0 Å². The van der Waals surface area contributed by atoms with Gasteiger partial charge in [-0.2, -0.15) is 0 Å². The normalized spacial score (nSPS) is 10.0. The highest BCUT2D eigenvalue weighted by Crippen LogP contribution is 2.24. The Bertz CT molecular complexity index is 332. The minimum Gasteiger partial charge on any atom is -0.381 e. The summed E-state index contributed by atoms with van der Waals surface area (Å²) in [5.41, 5.74) is 4.82. The Morgan fingerprint density at radius 3 is 2.29 bits per heavy atom. The van der Waals surface area contributed by atoms with Gasteiger partial charge in [0.2, 0.25) is 0 Å². The third-order valence-corrected chi connectivity index (χ3v) is 3.28. The van der Waals surface area contributed by atoms with Crippen LogP contribution in [0.5, 0.6) is 0 Å². The van der Waals surface area contributed by atoms with Gasteiger partial charge in [0.05, 0.1) is 0 Å². The maximum absolute atomic E-state index is 3.86. The number of aryl methyl sites for hydroxylation is 2. The molecule has 14 heavy (non-hydrogen) atoms. The number of benzene rings is 1. The first-order valence-electron chi connectivity index (χ1n) is 4.65. The molecule has 0 aliphatic heterocycles. The van der Waals surface area contributed by atoms with Gasteiger partial charge in [0, 0.05) is 16.7 Å². The Hall–Kier alpha value is -0.760. The highest BCUT2D eigenvalue weighted by Gasteiger charge is 2.01. The van der Waals surface area contributed by atoms with Gasteiger partial charge < -0.3 is 5.32 Å². The summed E-state index contributed by atoms with van der Waals surface area (Å²) in [4.78, 5) is 0. The average Bonchev–Trinajstić information content (AvgIpc) is 2.10. The van der Waals surface area contributed by atoms with E-state index in [2.05, 4.69) is 53.8 Å². The van der Waals surface area contributed by atoms with E-state index in [4.69, 9.17) is 0 Å². The molecule has 1 nitrogen and oxygen atoms in total. The molecule has 0 saturated heterocycles. The Balaban J connectivity index is 2.84. The SMILES string of the molecule is C=C(C)CNc1cc(C)c(Br)c(C)c1. The van der Waals surface area contributed by atoms with Crippen LogP contribution >= 0.6 is 15.9 Å². The van der Waals surface area contributed by atoms with Crippen LogP contribution in [-0.4, -0.2) is 6.54 Å². The van der Waals surface area contributed by atoms with Crippen LogP contribution in [0.4, 0.5) is 5.69 Å². The van der Waals surface area contributed by atoms with Gasteiger partial charge in [-0.15, -0.1) is 0 Å². The highest BCUT2D eigenvalue weighted by molar-refractivity contribution is 9.10. The molecule has 0 saturated carbocycles. The zero-order valence-corrected chi connectivity index (χ0v) is 10.5. The summed E-state index contributed by atoms with van der Waals surface area (Å²) in [6, 6.07) is 4.28. The van der Waals surface area contributed by atoms with E-state index in [-0.39, 0.29) is 0 Å². The lowest BCUT2D eigenvalue weighted by atomic mass is 10.1. The van der Waals surface area contributed by atoms with Crippen molar-refractivity contribution >= 4 is 21.6 Å². The van der Waals surface area contributed by atoms with Crippen molar-refractivity contribution in [1.29, 1.82) is 0 Å². The fourth-order valence-electron chi connectivity index (χ4n) is 1.30. The number of nitrogens with one attached hydrogen (secondary N) is 1. The van der Waals surface area contributed by atoms with Crippen LogP contribution in [0.2, 0.25) is 0 Å². The van der Waals surface area contributed by atoms with Gasteiger partial charge in [0.15, 0.2) is 0 Å². The van der Waals surface area contributed by atoms with Crippen LogP contribution in [0, 0.1) is 13.8 Å². The van der Waals surface area contributed by atoms with E-state index in [0.717, 1.165) is 17.8 Å². The van der Waals surface area contributed by atoms with Crippen LogP contribution in [0.25, 0.3) is 0 Å². The van der Waals surface area contributed by atoms with Crippen molar-refractivity contribution in [1.82, 2.24) is 0 Å². The topological polar surface area (TPSA) is 12.0 Å². The molecule has 2 heteroatoms. The average molecular weight is 254 g/mol. The van der Waals surface area contributed by atoms with E-state index < -0.39 is 0 Å². The summed E-state index contributed by atoms with van der Waals surface area (Å²) in [5, 5.41) is 3.33. The number of hydrogen-bond acceptors (Lipinski definition) is 1. The summed E-state index contributed by atoms with van der Waals surface area (Å²) in [7, 11) is 0. The molecule has 0 aliphatic carbocycles. The molecule has 0 amide bonds. The standard InChI is InChI=1S/C12H16BrN/c1-8(2)7-14-11-5-9(3)12(13)10(4)6-11/h5-6,14H,1,7H2,2-4H3. The number of rotatable bonds is 3. The molecule has 0 fully saturated rings. The molecule has 76 valence electrons. The molecular weight excluding hydrogens is 238 g/mol. The minimum atomic E-state index is 0.834. The van der Waals surface area contributed by atoms with Gasteiger partial charge >= 0.3 is 0 Å². The van der Waals surface area contributed by atoms with E-state index in [0.29, 0.717) is 0 Å². The Morgan fingerprint density at radius 1 is 1.36 bits per heavy atom. The third kappa shape index (κ3) is 2.88. The second-order valence-electron chi connectivity index (χ2n) is 3.73. The van der Waals surface area contributed by atoms with E-state index in [1.54, 1.807) is 0 Å². The van der Waals surface area contributed by atoms with Crippen molar-refractivity contribution in [2.45, 2.75) is 20.8 Å². The van der Waals surface area contributed by atoms with Crippen molar-refractivity contribution in [3.05, 3.63) is 39.9 Å². The maximum atomic E-state index is 3.86. The summed E-state index contributed by atoms with van der Waals surface area (Å²) in [6.45, 7) is 10.9. The maximum Gasteiger partial charge on any atom is 0.0354 e.